The lowest BCUT2D eigenvalue weighted by molar-refractivity contribution is -0.129. The van der Waals surface area contributed by atoms with Crippen molar-refractivity contribution in [2.75, 3.05) is 26.7 Å². The van der Waals surface area contributed by atoms with Gasteiger partial charge in [-0.15, -0.1) is 0 Å². The van der Waals surface area contributed by atoms with Crippen LogP contribution in [0.25, 0.3) is 6.08 Å². The average molecular weight is 451 g/mol. The highest BCUT2D eigenvalue weighted by molar-refractivity contribution is 6.05. The van der Waals surface area contributed by atoms with E-state index < -0.39 is 5.97 Å². The minimum absolute atomic E-state index is 0.0500. The molecule has 2 amide bonds. The van der Waals surface area contributed by atoms with Crippen molar-refractivity contribution < 1.29 is 19.1 Å². The minimum atomic E-state index is -0.630. The highest BCUT2D eigenvalue weighted by atomic mass is 16.5. The summed E-state index contributed by atoms with van der Waals surface area (Å²) in [6.07, 6.45) is 3.34. The van der Waals surface area contributed by atoms with Crippen molar-refractivity contribution >= 4 is 23.9 Å². The van der Waals surface area contributed by atoms with Crippen molar-refractivity contribution in [3.8, 4) is 0 Å². The normalized spacial score (nSPS) is 16.4. The van der Waals surface area contributed by atoms with Crippen LogP contribution in [-0.2, 0) is 9.53 Å². The van der Waals surface area contributed by atoms with Crippen molar-refractivity contribution in [3.05, 3.63) is 64.7 Å². The van der Waals surface area contributed by atoms with Gasteiger partial charge in [0.2, 0.25) is 5.91 Å². The number of hydrogen-bond donors (Lipinski definition) is 0. The standard InChI is InChI=1S/C25H30N4O4/c1-16(2)22-21(25(32)33-5)23(27-18(4)26-22)24(31)28-13-14-29(17(3)15-28)20(30)12-11-19-9-7-6-8-10-19/h6-12,16-17H,13-15H2,1-5H3/b12-11+. The van der Waals surface area contributed by atoms with Gasteiger partial charge in [-0.2, -0.15) is 0 Å². The number of hydrogen-bond acceptors (Lipinski definition) is 6. The molecule has 0 saturated carbocycles. The van der Waals surface area contributed by atoms with Crippen LogP contribution in [0.3, 0.4) is 0 Å². The molecule has 1 unspecified atom stereocenters. The van der Waals surface area contributed by atoms with Crippen molar-refractivity contribution in [1.82, 2.24) is 19.8 Å². The van der Waals surface area contributed by atoms with Crippen LogP contribution < -0.4 is 0 Å². The van der Waals surface area contributed by atoms with Crippen LogP contribution in [0.2, 0.25) is 0 Å². The Morgan fingerprint density at radius 2 is 1.82 bits per heavy atom. The monoisotopic (exact) mass is 450 g/mol. The van der Waals surface area contributed by atoms with E-state index in [1.54, 1.807) is 28.9 Å². The van der Waals surface area contributed by atoms with Gasteiger partial charge in [0.05, 0.1) is 12.8 Å². The second-order valence-electron chi connectivity index (χ2n) is 8.40. The van der Waals surface area contributed by atoms with Crippen molar-refractivity contribution in [2.24, 2.45) is 0 Å². The molecule has 1 aliphatic heterocycles. The van der Waals surface area contributed by atoms with E-state index in [0.717, 1.165) is 5.56 Å². The maximum Gasteiger partial charge on any atom is 0.342 e. The lowest BCUT2D eigenvalue weighted by Crippen LogP contribution is -2.55. The van der Waals surface area contributed by atoms with Crippen LogP contribution in [0.15, 0.2) is 36.4 Å². The van der Waals surface area contributed by atoms with E-state index in [9.17, 15) is 14.4 Å². The summed E-state index contributed by atoms with van der Waals surface area (Å²) in [4.78, 5) is 50.7. The molecule has 1 saturated heterocycles. The molecule has 0 radical (unpaired) electrons. The molecular formula is C25H30N4O4. The van der Waals surface area contributed by atoms with E-state index in [1.165, 1.54) is 7.11 Å². The van der Waals surface area contributed by atoms with Gasteiger partial charge in [-0.05, 0) is 31.4 Å². The number of piperazine rings is 1. The molecule has 0 N–H and O–H groups in total. The number of aryl methyl sites for hydroxylation is 1. The summed E-state index contributed by atoms with van der Waals surface area (Å²) in [6, 6.07) is 9.42. The van der Waals surface area contributed by atoms with Gasteiger partial charge in [-0.3, -0.25) is 9.59 Å². The number of esters is 1. The number of ether oxygens (including phenoxy) is 1. The SMILES string of the molecule is COC(=O)c1c(C(=O)N2CCN(C(=O)/C=C/c3ccccc3)C(C)C2)nc(C)nc1C(C)C. The number of carbonyl (C=O) groups excluding carboxylic acids is 3. The second-order valence-corrected chi connectivity index (χ2v) is 8.40. The Bertz CT molecular complexity index is 1070. The molecule has 1 aliphatic rings. The largest absolute Gasteiger partial charge is 0.465 e. The van der Waals surface area contributed by atoms with E-state index in [-0.39, 0.29) is 35.0 Å². The first kappa shape index (κ1) is 24.1. The van der Waals surface area contributed by atoms with E-state index >= 15 is 0 Å². The predicted molar refractivity (Wildman–Crippen MR) is 125 cm³/mol. The Hall–Kier alpha value is -3.55. The summed E-state index contributed by atoms with van der Waals surface area (Å²) in [6.45, 7) is 8.47. The van der Waals surface area contributed by atoms with Crippen LogP contribution in [0.1, 0.15) is 64.6 Å². The van der Waals surface area contributed by atoms with Crippen LogP contribution in [0.5, 0.6) is 0 Å². The van der Waals surface area contributed by atoms with Gasteiger partial charge in [-0.1, -0.05) is 44.2 Å². The smallest absolute Gasteiger partial charge is 0.342 e. The van der Waals surface area contributed by atoms with Crippen LogP contribution in [-0.4, -0.2) is 70.3 Å². The first-order chi connectivity index (χ1) is 15.7. The molecule has 8 nitrogen and oxygen atoms in total. The van der Waals surface area contributed by atoms with Gasteiger partial charge >= 0.3 is 5.97 Å². The fourth-order valence-electron chi connectivity index (χ4n) is 3.92. The van der Waals surface area contributed by atoms with Gasteiger partial charge in [-0.25, -0.2) is 14.8 Å². The lowest BCUT2D eigenvalue weighted by Gasteiger charge is -2.39. The van der Waals surface area contributed by atoms with Crippen LogP contribution >= 0.6 is 0 Å². The topological polar surface area (TPSA) is 92.7 Å². The molecule has 1 aromatic heterocycles. The third-order valence-electron chi connectivity index (χ3n) is 5.60. The Morgan fingerprint density at radius 1 is 1.12 bits per heavy atom. The third-order valence-corrected chi connectivity index (χ3v) is 5.60. The molecule has 33 heavy (non-hydrogen) atoms. The molecule has 0 spiro atoms. The molecule has 0 aliphatic carbocycles. The molecule has 2 heterocycles. The minimum Gasteiger partial charge on any atom is -0.465 e. The zero-order chi connectivity index (χ0) is 24.1. The van der Waals surface area contributed by atoms with E-state index in [0.29, 0.717) is 31.2 Å². The molecular weight excluding hydrogens is 420 g/mol. The zero-order valence-electron chi connectivity index (χ0n) is 19.7. The van der Waals surface area contributed by atoms with Gasteiger partial charge in [0.15, 0.2) is 0 Å². The number of rotatable bonds is 5. The third kappa shape index (κ3) is 5.45. The zero-order valence-corrected chi connectivity index (χ0v) is 19.7. The highest BCUT2D eigenvalue weighted by Crippen LogP contribution is 2.23. The summed E-state index contributed by atoms with van der Waals surface area (Å²) in [5.74, 6) is -0.759. The second kappa shape index (κ2) is 10.4. The number of benzene rings is 1. The van der Waals surface area contributed by atoms with Crippen LogP contribution in [0, 0.1) is 6.92 Å². The quantitative estimate of drug-likeness (QED) is 0.513. The predicted octanol–water partition coefficient (Wildman–Crippen LogP) is 3.08. The van der Waals surface area contributed by atoms with Gasteiger partial charge in [0.25, 0.3) is 5.91 Å². The lowest BCUT2D eigenvalue weighted by atomic mass is 10.0. The Kier molecular flexibility index (Phi) is 7.58. The average Bonchev–Trinajstić information content (AvgIpc) is 2.81. The fourth-order valence-corrected chi connectivity index (χ4v) is 3.92. The van der Waals surface area contributed by atoms with Crippen molar-refractivity contribution in [3.63, 3.8) is 0 Å². The number of nitrogens with zero attached hydrogens (tertiary/aromatic N) is 4. The Morgan fingerprint density at radius 3 is 2.42 bits per heavy atom. The van der Waals surface area contributed by atoms with Crippen molar-refractivity contribution in [2.45, 2.75) is 39.7 Å². The number of methoxy groups -OCH3 is 1. The molecule has 1 atom stereocenters. The highest BCUT2D eigenvalue weighted by Gasteiger charge is 2.33. The van der Waals surface area contributed by atoms with Gasteiger partial charge in [0, 0.05) is 31.8 Å². The van der Waals surface area contributed by atoms with E-state index in [2.05, 4.69) is 9.97 Å². The van der Waals surface area contributed by atoms with Crippen molar-refractivity contribution in [1.29, 1.82) is 0 Å². The first-order valence-electron chi connectivity index (χ1n) is 11.0. The first-order valence-corrected chi connectivity index (χ1v) is 11.0. The molecule has 174 valence electrons. The molecule has 1 aromatic carbocycles. The number of carbonyl (C=O) groups is 3. The number of amides is 2. The van der Waals surface area contributed by atoms with E-state index in [1.807, 2.05) is 51.1 Å². The summed E-state index contributed by atoms with van der Waals surface area (Å²) in [5.41, 5.74) is 1.60. The fraction of sp³-hybridized carbons (Fsp3) is 0.400. The summed E-state index contributed by atoms with van der Waals surface area (Å²) >= 11 is 0. The Labute approximate surface area is 194 Å². The summed E-state index contributed by atoms with van der Waals surface area (Å²) < 4.78 is 4.93. The molecule has 1 fully saturated rings. The Balaban J connectivity index is 1.79. The van der Waals surface area contributed by atoms with Gasteiger partial charge in [0.1, 0.15) is 17.1 Å². The maximum atomic E-state index is 13.4. The molecule has 3 rings (SSSR count). The maximum absolute atomic E-state index is 13.4. The molecule has 2 aromatic rings. The number of aromatic nitrogens is 2. The van der Waals surface area contributed by atoms with Crippen LogP contribution in [0.4, 0.5) is 0 Å². The summed E-state index contributed by atoms with van der Waals surface area (Å²) in [5, 5.41) is 0. The van der Waals surface area contributed by atoms with Gasteiger partial charge < -0.3 is 14.5 Å². The summed E-state index contributed by atoms with van der Waals surface area (Å²) in [7, 11) is 1.27. The molecule has 8 heteroatoms. The van der Waals surface area contributed by atoms with E-state index in [4.69, 9.17) is 4.74 Å². The molecule has 0 bridgehead atoms.